The maximum atomic E-state index is 12.2. The predicted octanol–water partition coefficient (Wildman–Crippen LogP) is 3.23. The molecule has 0 aliphatic rings. The first-order valence-corrected chi connectivity index (χ1v) is 10.7. The van der Waals surface area contributed by atoms with Crippen LogP contribution in [-0.2, 0) is 21.4 Å². The number of sulfonamides is 1. The van der Waals surface area contributed by atoms with Crippen molar-refractivity contribution >= 4 is 27.3 Å². The number of esters is 1. The molecule has 0 radical (unpaired) electrons. The normalized spacial score (nSPS) is 12.1. The number of nitrogens with one attached hydrogen (secondary N) is 1. The van der Waals surface area contributed by atoms with Gasteiger partial charge in [0.1, 0.15) is 11.6 Å². The van der Waals surface area contributed by atoms with Crippen LogP contribution in [0.5, 0.6) is 0 Å². The third-order valence-electron chi connectivity index (χ3n) is 3.29. The van der Waals surface area contributed by atoms with Gasteiger partial charge in [-0.3, -0.25) is 4.98 Å². The second-order valence-corrected chi connectivity index (χ2v) is 9.45. The van der Waals surface area contributed by atoms with E-state index in [4.69, 9.17) is 9.15 Å². The van der Waals surface area contributed by atoms with E-state index in [1.165, 1.54) is 23.5 Å². The van der Waals surface area contributed by atoms with Gasteiger partial charge in [-0.1, -0.05) is 6.07 Å². The molecule has 3 heterocycles. The molecule has 8 nitrogen and oxygen atoms in total. The minimum absolute atomic E-state index is 0.0562. The summed E-state index contributed by atoms with van der Waals surface area (Å²) in [4.78, 5) is 20.7. The van der Waals surface area contributed by atoms with Crippen LogP contribution in [0.3, 0.4) is 0 Å². The first-order valence-electron chi connectivity index (χ1n) is 8.31. The van der Waals surface area contributed by atoms with E-state index in [9.17, 15) is 13.2 Å². The highest BCUT2D eigenvalue weighted by atomic mass is 32.2. The van der Waals surface area contributed by atoms with Gasteiger partial charge in [0.25, 0.3) is 10.0 Å². The molecule has 3 rings (SSSR count). The Bertz CT molecular complexity index is 1070. The Kier molecular flexibility index (Phi) is 5.64. The first-order chi connectivity index (χ1) is 13.1. The van der Waals surface area contributed by atoms with Crippen molar-refractivity contribution in [1.82, 2.24) is 14.7 Å². The van der Waals surface area contributed by atoms with Gasteiger partial charge in [0.2, 0.25) is 10.9 Å². The molecule has 0 spiro atoms. The van der Waals surface area contributed by atoms with Gasteiger partial charge < -0.3 is 9.15 Å². The summed E-state index contributed by atoms with van der Waals surface area (Å²) in [6.45, 7) is 5.06. The summed E-state index contributed by atoms with van der Waals surface area (Å²) in [6, 6.07) is 7.99. The molecule has 148 valence electrons. The van der Waals surface area contributed by atoms with E-state index in [1.807, 2.05) is 23.6 Å². The van der Waals surface area contributed by atoms with Crippen molar-refractivity contribution < 1.29 is 22.4 Å². The van der Waals surface area contributed by atoms with Gasteiger partial charge >= 0.3 is 5.97 Å². The van der Waals surface area contributed by atoms with Crippen molar-refractivity contribution in [3.63, 3.8) is 0 Å². The fourth-order valence-electron chi connectivity index (χ4n) is 2.24. The summed E-state index contributed by atoms with van der Waals surface area (Å²) in [7, 11) is -3.87. The lowest BCUT2D eigenvalue weighted by Crippen LogP contribution is -2.40. The summed E-state index contributed by atoms with van der Waals surface area (Å²) < 4.78 is 37.2. The summed E-state index contributed by atoms with van der Waals surface area (Å²) >= 11 is 1.33. The number of hydrogen-bond donors (Lipinski definition) is 1. The molecule has 3 aromatic rings. The lowest BCUT2D eigenvalue weighted by molar-refractivity contribution is 0.0430. The largest absolute Gasteiger partial charge is 0.452 e. The van der Waals surface area contributed by atoms with Crippen molar-refractivity contribution in [3.8, 4) is 11.4 Å². The van der Waals surface area contributed by atoms with Crippen LogP contribution in [-0.4, -0.2) is 29.9 Å². The van der Waals surface area contributed by atoms with E-state index < -0.39 is 21.5 Å². The first kappa shape index (κ1) is 20.2. The lowest BCUT2D eigenvalue weighted by atomic mass is 10.1. The van der Waals surface area contributed by atoms with Crippen molar-refractivity contribution in [2.75, 3.05) is 0 Å². The fourth-order valence-corrected chi connectivity index (χ4v) is 4.29. The number of furan rings is 1. The smallest absolute Gasteiger partial charge is 0.374 e. The van der Waals surface area contributed by atoms with Gasteiger partial charge in [-0.05, 0) is 45.0 Å². The van der Waals surface area contributed by atoms with Crippen molar-refractivity contribution in [2.45, 2.75) is 38.0 Å². The zero-order valence-corrected chi connectivity index (χ0v) is 17.1. The minimum atomic E-state index is -3.87. The van der Waals surface area contributed by atoms with Crippen LogP contribution < -0.4 is 4.72 Å². The second kappa shape index (κ2) is 7.82. The third kappa shape index (κ3) is 5.03. The Hall–Kier alpha value is -2.56. The highest BCUT2D eigenvalue weighted by Gasteiger charge is 2.26. The van der Waals surface area contributed by atoms with Gasteiger partial charge in [-0.2, -0.15) is 0 Å². The number of ether oxygens (including phenoxy) is 1. The highest BCUT2D eigenvalue weighted by molar-refractivity contribution is 7.89. The molecule has 0 saturated heterocycles. The molecule has 28 heavy (non-hydrogen) atoms. The number of pyridine rings is 1. The fraction of sp³-hybridized carbons (Fsp3) is 0.278. The Morgan fingerprint density at radius 3 is 2.68 bits per heavy atom. The van der Waals surface area contributed by atoms with Crippen molar-refractivity contribution in [2.24, 2.45) is 0 Å². The lowest BCUT2D eigenvalue weighted by Gasteiger charge is -2.18. The number of thiazole rings is 1. The third-order valence-corrected chi connectivity index (χ3v) is 5.75. The van der Waals surface area contributed by atoms with Crippen LogP contribution in [0.25, 0.3) is 11.4 Å². The number of rotatable bonds is 6. The van der Waals surface area contributed by atoms with Gasteiger partial charge in [0, 0.05) is 17.1 Å². The van der Waals surface area contributed by atoms with E-state index in [2.05, 4.69) is 14.7 Å². The standard InChI is InChI=1S/C18H19N3O5S2/c1-18(2,3)21-28(23,24)16-8-7-14(26-16)17(22)25-10-15-20-13(11-27-15)12-6-4-5-9-19-12/h4-9,11,21H,10H2,1-3H3. The molecule has 0 fully saturated rings. The topological polar surface area (TPSA) is 111 Å². The monoisotopic (exact) mass is 421 g/mol. The van der Waals surface area contributed by atoms with E-state index in [0.717, 1.165) is 5.69 Å². The molecule has 0 aliphatic heterocycles. The maximum Gasteiger partial charge on any atom is 0.374 e. The molecule has 3 aromatic heterocycles. The molecule has 0 atom stereocenters. The van der Waals surface area contributed by atoms with Gasteiger partial charge in [0.15, 0.2) is 0 Å². The predicted molar refractivity (Wildman–Crippen MR) is 103 cm³/mol. The maximum absolute atomic E-state index is 12.2. The zero-order valence-electron chi connectivity index (χ0n) is 15.5. The number of carbonyl (C=O) groups is 1. The van der Waals surface area contributed by atoms with Crippen LogP contribution in [0.4, 0.5) is 0 Å². The molecule has 0 aliphatic carbocycles. The van der Waals surface area contributed by atoms with E-state index >= 15 is 0 Å². The molecular formula is C18H19N3O5S2. The van der Waals surface area contributed by atoms with E-state index in [1.54, 1.807) is 27.0 Å². The number of carbonyl (C=O) groups excluding carboxylic acids is 1. The summed E-state index contributed by atoms with van der Waals surface area (Å²) in [6.07, 6.45) is 1.67. The Morgan fingerprint density at radius 2 is 2.00 bits per heavy atom. The summed E-state index contributed by atoms with van der Waals surface area (Å²) in [5.74, 6) is -0.970. The number of hydrogen-bond acceptors (Lipinski definition) is 8. The summed E-state index contributed by atoms with van der Waals surface area (Å²) in [5.41, 5.74) is 0.738. The van der Waals surface area contributed by atoms with Gasteiger partial charge in [-0.15, -0.1) is 11.3 Å². The van der Waals surface area contributed by atoms with Gasteiger partial charge in [0.05, 0.1) is 11.4 Å². The molecule has 0 aromatic carbocycles. The van der Waals surface area contributed by atoms with Crippen LogP contribution in [0.15, 0.2) is 51.4 Å². The molecule has 0 bridgehead atoms. The quantitative estimate of drug-likeness (QED) is 0.608. The average molecular weight is 422 g/mol. The van der Waals surface area contributed by atoms with Crippen molar-refractivity contribution in [1.29, 1.82) is 0 Å². The molecule has 0 amide bonds. The minimum Gasteiger partial charge on any atom is -0.452 e. The Labute approximate surface area is 166 Å². The molecule has 0 saturated carbocycles. The van der Waals surface area contributed by atoms with Crippen LogP contribution in [0.1, 0.15) is 36.3 Å². The zero-order chi connectivity index (χ0) is 20.4. The van der Waals surface area contributed by atoms with E-state index in [-0.39, 0.29) is 17.5 Å². The van der Waals surface area contributed by atoms with Crippen LogP contribution in [0.2, 0.25) is 0 Å². The average Bonchev–Trinajstić information content (AvgIpc) is 3.28. The van der Waals surface area contributed by atoms with Crippen LogP contribution in [0, 0.1) is 0 Å². The second-order valence-electron chi connectivity index (χ2n) is 6.89. The molecule has 10 heteroatoms. The number of nitrogens with zero attached hydrogens (tertiary/aromatic N) is 2. The Balaban J connectivity index is 1.64. The summed E-state index contributed by atoms with van der Waals surface area (Å²) in [5, 5.41) is 2.06. The highest BCUT2D eigenvalue weighted by Crippen LogP contribution is 2.21. The number of aromatic nitrogens is 2. The van der Waals surface area contributed by atoms with E-state index in [0.29, 0.717) is 10.7 Å². The SMILES string of the molecule is CC(C)(C)NS(=O)(=O)c1ccc(C(=O)OCc2nc(-c3ccccn3)cs2)o1. The molecule has 0 unspecified atom stereocenters. The molecular weight excluding hydrogens is 402 g/mol. The molecule has 1 N–H and O–H groups in total. The Morgan fingerprint density at radius 1 is 1.21 bits per heavy atom. The van der Waals surface area contributed by atoms with Crippen molar-refractivity contribution in [3.05, 3.63) is 52.7 Å². The van der Waals surface area contributed by atoms with Gasteiger partial charge in [-0.25, -0.2) is 22.9 Å². The van der Waals surface area contributed by atoms with Crippen LogP contribution >= 0.6 is 11.3 Å².